The van der Waals surface area contributed by atoms with Gasteiger partial charge in [0.2, 0.25) is 0 Å². The van der Waals surface area contributed by atoms with Gasteiger partial charge in [0, 0.05) is 12.1 Å². The number of hydrogen-bond donors (Lipinski definition) is 2. The molecule has 0 spiro atoms. The molecule has 0 unspecified atom stereocenters. The summed E-state index contributed by atoms with van der Waals surface area (Å²) in [6.45, 7) is 0.736. The summed E-state index contributed by atoms with van der Waals surface area (Å²) in [4.78, 5) is 21.6. The van der Waals surface area contributed by atoms with Crippen LogP contribution < -0.4 is 5.56 Å². The Morgan fingerprint density at radius 3 is 2.41 bits per heavy atom. The van der Waals surface area contributed by atoms with Gasteiger partial charge in [0.15, 0.2) is 0 Å². The van der Waals surface area contributed by atoms with Gasteiger partial charge in [0.05, 0.1) is 29.9 Å². The molecule has 1 heterocycles. The third-order valence-corrected chi connectivity index (χ3v) is 2.86. The Labute approximate surface area is 97.1 Å². The zero-order chi connectivity index (χ0) is 13.1. The number of pyridine rings is 1. The van der Waals surface area contributed by atoms with Gasteiger partial charge in [-0.3, -0.25) is 19.5 Å². The highest BCUT2D eigenvalue weighted by atomic mass is 16.6. The summed E-state index contributed by atoms with van der Waals surface area (Å²) >= 11 is 0. The first-order valence-corrected chi connectivity index (χ1v) is 5.10. The summed E-state index contributed by atoms with van der Waals surface area (Å²) < 4.78 is 1.02. The maximum absolute atomic E-state index is 11.6. The van der Waals surface area contributed by atoms with E-state index in [1.165, 1.54) is 0 Å². The van der Waals surface area contributed by atoms with Gasteiger partial charge in [-0.25, -0.2) is 0 Å². The van der Waals surface area contributed by atoms with E-state index < -0.39 is 29.2 Å². The van der Waals surface area contributed by atoms with Crippen molar-refractivity contribution >= 4 is 5.69 Å². The van der Waals surface area contributed by atoms with Crippen molar-refractivity contribution in [2.75, 3.05) is 13.2 Å². The highest BCUT2D eigenvalue weighted by molar-refractivity contribution is 5.25. The zero-order valence-corrected chi connectivity index (χ0v) is 9.37. The molecule has 0 saturated carbocycles. The predicted molar refractivity (Wildman–Crippen MR) is 59.8 cm³/mol. The highest BCUT2D eigenvalue weighted by Gasteiger charge is 2.30. The molecule has 94 valence electrons. The molecular weight excluding hydrogens is 228 g/mol. The van der Waals surface area contributed by atoms with Crippen LogP contribution in [0.2, 0.25) is 0 Å². The lowest BCUT2D eigenvalue weighted by molar-refractivity contribution is -0.385. The van der Waals surface area contributed by atoms with Gasteiger partial charge >= 0.3 is 0 Å². The van der Waals surface area contributed by atoms with Crippen molar-refractivity contribution in [1.82, 2.24) is 4.57 Å². The lowest BCUT2D eigenvalue weighted by Gasteiger charge is -2.30. The fourth-order valence-corrected chi connectivity index (χ4v) is 1.55. The van der Waals surface area contributed by atoms with E-state index in [1.54, 1.807) is 6.92 Å². The van der Waals surface area contributed by atoms with Crippen LogP contribution >= 0.6 is 0 Å². The van der Waals surface area contributed by atoms with Gasteiger partial charge in [-0.05, 0) is 6.42 Å². The molecule has 0 aliphatic rings. The third kappa shape index (κ3) is 2.34. The van der Waals surface area contributed by atoms with Gasteiger partial charge in [-0.15, -0.1) is 0 Å². The Hall–Kier alpha value is -1.73. The molecule has 1 aromatic rings. The molecule has 0 bridgehead atoms. The Balaban J connectivity index is 3.42. The van der Waals surface area contributed by atoms with E-state index in [9.17, 15) is 25.1 Å². The Bertz CT molecular complexity index is 456. The van der Waals surface area contributed by atoms with Crippen molar-refractivity contribution in [3.8, 4) is 0 Å². The lowest BCUT2D eigenvalue weighted by atomic mass is 9.98. The maximum atomic E-state index is 11.6. The van der Waals surface area contributed by atoms with E-state index in [-0.39, 0.29) is 12.1 Å². The smallest absolute Gasteiger partial charge is 0.285 e. The van der Waals surface area contributed by atoms with E-state index in [0.717, 1.165) is 22.9 Å². The minimum atomic E-state index is -1.21. The molecule has 0 saturated heterocycles. The molecule has 0 amide bonds. The monoisotopic (exact) mass is 242 g/mol. The first-order chi connectivity index (χ1) is 8.00. The minimum Gasteiger partial charge on any atom is -0.394 e. The highest BCUT2D eigenvalue weighted by Crippen LogP contribution is 2.20. The SMILES string of the molecule is CCC(CO)(CO)n1cc([N+](=O)[O-])ccc1=O. The minimum absolute atomic E-state index is 0.260. The molecule has 17 heavy (non-hydrogen) atoms. The Morgan fingerprint density at radius 1 is 1.41 bits per heavy atom. The standard InChI is InChI=1S/C10H14N2O5/c1-2-10(6-13,7-14)11-5-8(12(16)17)3-4-9(11)15/h3-5,13-14H,2,6-7H2,1H3. The largest absolute Gasteiger partial charge is 0.394 e. The molecule has 7 heteroatoms. The lowest BCUT2D eigenvalue weighted by Crippen LogP contribution is -2.46. The van der Waals surface area contributed by atoms with Crippen molar-refractivity contribution in [2.45, 2.75) is 18.9 Å². The Kier molecular flexibility index (Phi) is 3.97. The molecule has 7 nitrogen and oxygen atoms in total. The molecule has 0 fully saturated rings. The van der Waals surface area contributed by atoms with Crippen molar-refractivity contribution in [3.63, 3.8) is 0 Å². The number of hydrogen-bond acceptors (Lipinski definition) is 5. The second-order valence-electron chi connectivity index (χ2n) is 3.75. The van der Waals surface area contributed by atoms with Crippen LogP contribution in [0, 0.1) is 10.1 Å². The first kappa shape index (κ1) is 13.3. The van der Waals surface area contributed by atoms with E-state index in [2.05, 4.69) is 0 Å². The quantitative estimate of drug-likeness (QED) is 0.551. The van der Waals surface area contributed by atoms with Gasteiger partial charge in [-0.2, -0.15) is 0 Å². The molecule has 1 aromatic heterocycles. The number of aromatic nitrogens is 1. The molecular formula is C10H14N2O5. The molecule has 2 N–H and O–H groups in total. The molecule has 0 aliphatic carbocycles. The summed E-state index contributed by atoms with van der Waals surface area (Å²) in [5, 5.41) is 29.2. The van der Waals surface area contributed by atoms with Gasteiger partial charge < -0.3 is 10.2 Å². The normalized spacial score (nSPS) is 11.5. The zero-order valence-electron chi connectivity index (χ0n) is 9.37. The fourth-order valence-electron chi connectivity index (χ4n) is 1.55. The number of aliphatic hydroxyl groups is 2. The first-order valence-electron chi connectivity index (χ1n) is 5.10. The van der Waals surface area contributed by atoms with Crippen LogP contribution in [0.15, 0.2) is 23.1 Å². The molecule has 0 aromatic carbocycles. The van der Waals surface area contributed by atoms with Crippen LogP contribution in [-0.2, 0) is 5.54 Å². The third-order valence-electron chi connectivity index (χ3n) is 2.86. The second kappa shape index (κ2) is 5.07. The topological polar surface area (TPSA) is 106 Å². The van der Waals surface area contributed by atoms with Crippen LogP contribution in [0.4, 0.5) is 5.69 Å². The fraction of sp³-hybridized carbons (Fsp3) is 0.500. The van der Waals surface area contributed by atoms with Crippen LogP contribution in [0.1, 0.15) is 13.3 Å². The van der Waals surface area contributed by atoms with Crippen molar-refractivity contribution in [1.29, 1.82) is 0 Å². The molecule has 1 rings (SSSR count). The average Bonchev–Trinajstić information content (AvgIpc) is 2.33. The van der Waals surface area contributed by atoms with Crippen LogP contribution in [0.5, 0.6) is 0 Å². The average molecular weight is 242 g/mol. The van der Waals surface area contributed by atoms with Crippen molar-refractivity contribution in [2.24, 2.45) is 0 Å². The van der Waals surface area contributed by atoms with Crippen LogP contribution in [0.3, 0.4) is 0 Å². The van der Waals surface area contributed by atoms with E-state index in [1.807, 2.05) is 0 Å². The van der Waals surface area contributed by atoms with Crippen LogP contribution in [-0.4, -0.2) is 32.9 Å². The summed E-state index contributed by atoms with van der Waals surface area (Å²) in [5.74, 6) is 0. The Morgan fingerprint density at radius 2 is 2.00 bits per heavy atom. The predicted octanol–water partition coefficient (Wildman–Crippen LogP) is -0.154. The van der Waals surface area contributed by atoms with E-state index >= 15 is 0 Å². The molecule has 0 aliphatic heterocycles. The van der Waals surface area contributed by atoms with Crippen molar-refractivity contribution in [3.05, 3.63) is 38.8 Å². The number of aliphatic hydroxyl groups excluding tert-OH is 2. The summed E-state index contributed by atoms with van der Waals surface area (Å²) in [6.07, 6.45) is 1.32. The maximum Gasteiger partial charge on any atom is 0.285 e. The molecule has 0 atom stereocenters. The number of nitrogens with zero attached hydrogens (tertiary/aromatic N) is 2. The second-order valence-corrected chi connectivity index (χ2v) is 3.75. The number of nitro groups is 1. The van der Waals surface area contributed by atoms with E-state index in [4.69, 9.17) is 0 Å². The molecule has 0 radical (unpaired) electrons. The van der Waals surface area contributed by atoms with Crippen molar-refractivity contribution < 1.29 is 15.1 Å². The van der Waals surface area contributed by atoms with Crippen LogP contribution in [0.25, 0.3) is 0 Å². The summed E-state index contributed by atoms with van der Waals surface area (Å²) in [5.41, 5.74) is -1.96. The van der Waals surface area contributed by atoms with Gasteiger partial charge in [-0.1, -0.05) is 6.92 Å². The number of rotatable bonds is 5. The summed E-state index contributed by atoms with van der Waals surface area (Å²) in [6, 6.07) is 2.14. The summed E-state index contributed by atoms with van der Waals surface area (Å²) in [7, 11) is 0. The van der Waals surface area contributed by atoms with E-state index in [0.29, 0.717) is 0 Å². The van der Waals surface area contributed by atoms with Gasteiger partial charge in [0.25, 0.3) is 11.2 Å². The van der Waals surface area contributed by atoms with Gasteiger partial charge in [0.1, 0.15) is 0 Å².